The zero-order valence-electron chi connectivity index (χ0n) is 14.5. The van der Waals surface area contributed by atoms with E-state index in [1.807, 2.05) is 12.1 Å². The van der Waals surface area contributed by atoms with Crippen LogP contribution in [0, 0.1) is 0 Å². The van der Waals surface area contributed by atoms with E-state index in [9.17, 15) is 13.6 Å². The summed E-state index contributed by atoms with van der Waals surface area (Å²) in [6, 6.07) is 4.85. The van der Waals surface area contributed by atoms with Crippen molar-refractivity contribution in [1.29, 1.82) is 0 Å². The number of rotatable bonds is 4. The van der Waals surface area contributed by atoms with Gasteiger partial charge in [0.25, 0.3) is 5.92 Å². The third-order valence-electron chi connectivity index (χ3n) is 4.75. The molecule has 2 saturated heterocycles. The first-order valence-corrected chi connectivity index (χ1v) is 9.16. The van der Waals surface area contributed by atoms with Gasteiger partial charge in [-0.05, 0) is 30.5 Å². The van der Waals surface area contributed by atoms with Gasteiger partial charge in [-0.15, -0.1) is 24.8 Å². The fraction of sp³-hybridized carbons (Fsp3) is 0.588. The molecule has 1 amide bonds. The second-order valence-electron chi connectivity index (χ2n) is 6.80. The lowest BCUT2D eigenvalue weighted by molar-refractivity contribution is -0.124. The normalized spacial score (nSPS) is 22.6. The van der Waals surface area contributed by atoms with E-state index in [-0.39, 0.29) is 36.8 Å². The fourth-order valence-corrected chi connectivity index (χ4v) is 3.65. The number of halogens is 6. The number of amides is 1. The van der Waals surface area contributed by atoms with E-state index in [1.54, 1.807) is 6.07 Å². The minimum Gasteiger partial charge on any atom is -0.352 e. The number of piperidine rings is 1. The second-order valence-corrected chi connectivity index (χ2v) is 7.62. The van der Waals surface area contributed by atoms with Crippen LogP contribution >= 0.6 is 48.0 Å². The molecule has 0 radical (unpaired) electrons. The molecule has 0 saturated carbocycles. The Morgan fingerprint density at radius 3 is 2.44 bits per heavy atom. The smallest absolute Gasteiger partial charge is 0.262 e. The highest BCUT2D eigenvalue weighted by atomic mass is 35.5. The Balaban J connectivity index is 0.00000182. The first-order valence-electron chi connectivity index (χ1n) is 8.40. The van der Waals surface area contributed by atoms with Crippen molar-refractivity contribution in [2.75, 3.05) is 19.6 Å². The Bertz CT molecular complexity index is 643. The van der Waals surface area contributed by atoms with E-state index in [1.165, 1.54) is 0 Å². The third kappa shape index (κ3) is 6.87. The van der Waals surface area contributed by atoms with E-state index in [2.05, 4.69) is 15.5 Å². The van der Waals surface area contributed by atoms with Gasteiger partial charge in [0.1, 0.15) is 0 Å². The van der Waals surface area contributed by atoms with Gasteiger partial charge < -0.3 is 5.32 Å². The zero-order chi connectivity index (χ0) is 18.0. The maximum Gasteiger partial charge on any atom is 0.262 e. The van der Waals surface area contributed by atoms with Crippen LogP contribution in [0.4, 0.5) is 8.78 Å². The molecule has 2 aliphatic heterocycles. The standard InChI is InChI=1S/C17H21Cl2F2N3O.2ClH/c18-13-2-1-11(7-14(13)19)9-24-5-3-12(4-6-24)23-16(25)15-8-17(20,21)10-22-15;;/h1-2,7,12,15,22H,3-6,8-10H2,(H,23,25);2*1H. The summed E-state index contributed by atoms with van der Waals surface area (Å²) in [6.07, 6.45) is 1.18. The largest absolute Gasteiger partial charge is 0.352 e. The number of hydrogen-bond acceptors (Lipinski definition) is 3. The van der Waals surface area contributed by atoms with E-state index in [0.717, 1.165) is 38.0 Å². The van der Waals surface area contributed by atoms with Crippen LogP contribution in [0.15, 0.2) is 18.2 Å². The summed E-state index contributed by atoms with van der Waals surface area (Å²) >= 11 is 12.0. The zero-order valence-corrected chi connectivity index (χ0v) is 17.7. The molecule has 27 heavy (non-hydrogen) atoms. The Morgan fingerprint density at radius 1 is 1.22 bits per heavy atom. The van der Waals surface area contributed by atoms with Gasteiger partial charge in [0, 0.05) is 32.1 Å². The Labute approximate surface area is 180 Å². The lowest BCUT2D eigenvalue weighted by Crippen LogP contribution is -2.49. The van der Waals surface area contributed by atoms with Gasteiger partial charge in [-0.3, -0.25) is 15.0 Å². The summed E-state index contributed by atoms with van der Waals surface area (Å²) in [5.41, 5.74) is 1.09. The topological polar surface area (TPSA) is 44.4 Å². The number of alkyl halides is 2. The van der Waals surface area contributed by atoms with Crippen molar-refractivity contribution in [2.24, 2.45) is 0 Å². The molecule has 4 nitrogen and oxygen atoms in total. The average Bonchev–Trinajstić information content (AvgIpc) is 2.93. The summed E-state index contributed by atoms with van der Waals surface area (Å²) in [4.78, 5) is 14.4. The van der Waals surface area contributed by atoms with E-state index in [4.69, 9.17) is 23.2 Å². The SMILES string of the molecule is Cl.Cl.O=C(NC1CCN(Cc2ccc(Cl)c(Cl)c2)CC1)C1CC(F)(F)CN1. The minimum absolute atomic E-state index is 0. The molecule has 1 unspecified atom stereocenters. The van der Waals surface area contributed by atoms with Gasteiger partial charge in [-0.1, -0.05) is 29.3 Å². The third-order valence-corrected chi connectivity index (χ3v) is 5.49. The van der Waals surface area contributed by atoms with Crippen molar-refractivity contribution in [2.45, 2.75) is 43.8 Å². The molecule has 1 aromatic rings. The van der Waals surface area contributed by atoms with Crippen molar-refractivity contribution in [3.8, 4) is 0 Å². The van der Waals surface area contributed by atoms with Gasteiger partial charge in [0.2, 0.25) is 5.91 Å². The molecule has 0 bridgehead atoms. The van der Waals surface area contributed by atoms with Crippen molar-refractivity contribution >= 4 is 53.9 Å². The maximum absolute atomic E-state index is 13.2. The average molecular weight is 465 g/mol. The molecule has 1 aromatic carbocycles. The Morgan fingerprint density at radius 2 is 1.89 bits per heavy atom. The molecule has 1 atom stereocenters. The van der Waals surface area contributed by atoms with Gasteiger partial charge >= 0.3 is 0 Å². The summed E-state index contributed by atoms with van der Waals surface area (Å²) in [5.74, 6) is -3.11. The van der Waals surface area contributed by atoms with Gasteiger partial charge in [0.15, 0.2) is 0 Å². The van der Waals surface area contributed by atoms with Crippen LogP contribution in [-0.2, 0) is 11.3 Å². The first-order chi connectivity index (χ1) is 11.8. The lowest BCUT2D eigenvalue weighted by atomic mass is 10.0. The Hall–Kier alpha value is -0.370. The van der Waals surface area contributed by atoms with E-state index >= 15 is 0 Å². The predicted octanol–water partition coefficient (Wildman–Crippen LogP) is 3.91. The van der Waals surface area contributed by atoms with Crippen LogP contribution < -0.4 is 10.6 Å². The van der Waals surface area contributed by atoms with Crippen LogP contribution in [0.2, 0.25) is 10.0 Å². The number of hydrogen-bond donors (Lipinski definition) is 2. The van der Waals surface area contributed by atoms with E-state index < -0.39 is 24.9 Å². The van der Waals surface area contributed by atoms with Crippen LogP contribution in [-0.4, -0.2) is 48.4 Å². The number of benzene rings is 1. The van der Waals surface area contributed by atoms with Crippen molar-refractivity contribution in [3.05, 3.63) is 33.8 Å². The quantitative estimate of drug-likeness (QED) is 0.709. The monoisotopic (exact) mass is 463 g/mol. The molecule has 3 rings (SSSR count). The number of carbonyl (C=O) groups is 1. The lowest BCUT2D eigenvalue weighted by Gasteiger charge is -2.33. The first kappa shape index (κ1) is 24.7. The molecule has 2 N–H and O–H groups in total. The molecule has 10 heteroatoms. The summed E-state index contributed by atoms with van der Waals surface area (Å²) < 4.78 is 26.4. The highest BCUT2D eigenvalue weighted by molar-refractivity contribution is 6.42. The second kappa shape index (κ2) is 10.4. The summed E-state index contributed by atoms with van der Waals surface area (Å²) in [6.45, 7) is 2.01. The van der Waals surface area contributed by atoms with Gasteiger partial charge in [-0.25, -0.2) is 8.78 Å². The highest BCUT2D eigenvalue weighted by Gasteiger charge is 2.42. The molecule has 0 aromatic heterocycles. The number of nitrogens with zero attached hydrogens (tertiary/aromatic N) is 1. The maximum atomic E-state index is 13.2. The van der Waals surface area contributed by atoms with Crippen molar-refractivity contribution < 1.29 is 13.6 Å². The highest BCUT2D eigenvalue weighted by Crippen LogP contribution is 2.26. The molecule has 154 valence electrons. The van der Waals surface area contributed by atoms with Gasteiger partial charge in [0.05, 0.1) is 22.6 Å². The molecule has 2 aliphatic rings. The fourth-order valence-electron chi connectivity index (χ4n) is 3.33. The van der Waals surface area contributed by atoms with Crippen LogP contribution in [0.5, 0.6) is 0 Å². The van der Waals surface area contributed by atoms with Crippen LogP contribution in [0.25, 0.3) is 0 Å². The molecule has 2 heterocycles. The number of likely N-dealkylation sites (tertiary alicyclic amines) is 1. The summed E-state index contributed by atoms with van der Waals surface area (Å²) in [7, 11) is 0. The number of nitrogens with one attached hydrogen (secondary N) is 2. The Kier molecular flexibility index (Phi) is 9.52. The molecule has 0 spiro atoms. The predicted molar refractivity (Wildman–Crippen MR) is 109 cm³/mol. The minimum atomic E-state index is -2.79. The molecular formula is C17H23Cl4F2N3O. The summed E-state index contributed by atoms with van der Waals surface area (Å²) in [5, 5.41) is 6.57. The van der Waals surface area contributed by atoms with Crippen molar-refractivity contribution in [1.82, 2.24) is 15.5 Å². The van der Waals surface area contributed by atoms with E-state index in [0.29, 0.717) is 10.0 Å². The van der Waals surface area contributed by atoms with Crippen LogP contribution in [0.3, 0.4) is 0 Å². The van der Waals surface area contributed by atoms with Crippen LogP contribution in [0.1, 0.15) is 24.8 Å². The van der Waals surface area contributed by atoms with Crippen molar-refractivity contribution in [3.63, 3.8) is 0 Å². The van der Waals surface area contributed by atoms with Gasteiger partial charge in [-0.2, -0.15) is 0 Å². The molecule has 2 fully saturated rings. The number of carbonyl (C=O) groups excluding carboxylic acids is 1. The molecule has 0 aliphatic carbocycles. The molecular weight excluding hydrogens is 442 g/mol.